The Morgan fingerprint density at radius 2 is 1.89 bits per heavy atom. The molecule has 1 fully saturated rings. The van der Waals surface area contributed by atoms with E-state index in [-0.39, 0.29) is 17.8 Å². The van der Waals surface area contributed by atoms with Gasteiger partial charge in [-0.3, -0.25) is 9.36 Å². The highest BCUT2D eigenvalue weighted by atomic mass is 32.2. The highest BCUT2D eigenvalue weighted by molar-refractivity contribution is 8.00. The van der Waals surface area contributed by atoms with Crippen molar-refractivity contribution < 1.29 is 13.9 Å². The minimum Gasteiger partial charge on any atom is -0.465 e. The van der Waals surface area contributed by atoms with Gasteiger partial charge in [0, 0.05) is 6.04 Å². The molecular weight excluding hydrogens is 377 g/mol. The second-order valence-electron chi connectivity index (χ2n) is 6.55. The fourth-order valence-electron chi connectivity index (χ4n) is 3.05. The summed E-state index contributed by atoms with van der Waals surface area (Å²) in [6.07, 6.45) is 1.98. The molecule has 1 heterocycles. The maximum absolute atomic E-state index is 14.3. The summed E-state index contributed by atoms with van der Waals surface area (Å²) in [4.78, 5) is 12.6. The van der Waals surface area contributed by atoms with Gasteiger partial charge in [-0.25, -0.2) is 4.39 Å². The van der Waals surface area contributed by atoms with E-state index in [0.29, 0.717) is 23.2 Å². The van der Waals surface area contributed by atoms with Gasteiger partial charge in [0.1, 0.15) is 11.1 Å². The van der Waals surface area contributed by atoms with Crippen LogP contribution in [0.15, 0.2) is 59.8 Å². The second-order valence-corrected chi connectivity index (χ2v) is 7.62. The molecule has 0 aliphatic heterocycles. The summed E-state index contributed by atoms with van der Waals surface area (Å²) >= 11 is 1.30. The molecule has 0 spiro atoms. The number of esters is 1. The Morgan fingerprint density at radius 3 is 2.57 bits per heavy atom. The molecular formula is C21H20FN3O2S. The summed E-state index contributed by atoms with van der Waals surface area (Å²) in [6, 6.07) is 16.2. The fraction of sp³-hybridized carbons (Fsp3) is 0.286. The third-order valence-corrected chi connectivity index (χ3v) is 5.71. The molecule has 5 nitrogen and oxygen atoms in total. The van der Waals surface area contributed by atoms with Gasteiger partial charge in [-0.2, -0.15) is 0 Å². The summed E-state index contributed by atoms with van der Waals surface area (Å²) in [5, 5.41) is 8.61. The number of thioether (sulfide) groups is 1. The van der Waals surface area contributed by atoms with Crippen molar-refractivity contribution in [3.05, 3.63) is 66.0 Å². The van der Waals surface area contributed by atoms with Crippen molar-refractivity contribution >= 4 is 17.7 Å². The molecule has 7 heteroatoms. The molecule has 0 amide bonds. The van der Waals surface area contributed by atoms with Crippen molar-refractivity contribution in [1.82, 2.24) is 14.8 Å². The Kier molecular flexibility index (Phi) is 5.43. The number of hydrogen-bond acceptors (Lipinski definition) is 5. The van der Waals surface area contributed by atoms with Crippen LogP contribution in [0.5, 0.6) is 0 Å². The Hall–Kier alpha value is -2.67. The molecule has 1 aromatic heterocycles. The van der Waals surface area contributed by atoms with Gasteiger partial charge >= 0.3 is 5.97 Å². The molecule has 1 aliphatic carbocycles. The van der Waals surface area contributed by atoms with E-state index < -0.39 is 5.25 Å². The zero-order valence-electron chi connectivity index (χ0n) is 15.4. The number of benzene rings is 2. The predicted molar refractivity (Wildman–Crippen MR) is 105 cm³/mol. The standard InChI is InChI=1S/C21H20FN3O2S/c1-2-27-20(26)18(14-8-4-3-5-9-14)28-21-24-23-19(25(21)15-12-13-15)16-10-6-7-11-17(16)22/h3-11,15,18H,2,12-13H2,1H3/t18-/m1/s1. The average Bonchev–Trinajstić information content (AvgIpc) is 3.47. The first-order chi connectivity index (χ1) is 13.7. The van der Waals surface area contributed by atoms with E-state index in [2.05, 4.69) is 10.2 Å². The van der Waals surface area contributed by atoms with E-state index in [9.17, 15) is 9.18 Å². The van der Waals surface area contributed by atoms with Gasteiger partial charge in [0.05, 0.1) is 12.2 Å². The first-order valence-electron chi connectivity index (χ1n) is 9.27. The van der Waals surface area contributed by atoms with Crippen molar-refractivity contribution in [3.8, 4) is 11.4 Å². The van der Waals surface area contributed by atoms with E-state index in [1.54, 1.807) is 25.1 Å². The molecule has 4 rings (SSSR count). The van der Waals surface area contributed by atoms with Gasteiger partial charge in [0.25, 0.3) is 0 Å². The molecule has 28 heavy (non-hydrogen) atoms. The Morgan fingerprint density at radius 1 is 1.18 bits per heavy atom. The van der Waals surface area contributed by atoms with E-state index in [1.165, 1.54) is 17.8 Å². The third kappa shape index (κ3) is 3.80. The third-order valence-electron chi connectivity index (χ3n) is 4.52. The largest absolute Gasteiger partial charge is 0.465 e. The topological polar surface area (TPSA) is 57.0 Å². The first-order valence-corrected chi connectivity index (χ1v) is 10.1. The number of carbonyl (C=O) groups is 1. The Labute approximate surface area is 166 Å². The maximum atomic E-state index is 14.3. The molecule has 144 valence electrons. The van der Waals surface area contributed by atoms with E-state index in [4.69, 9.17) is 4.74 Å². The summed E-state index contributed by atoms with van der Waals surface area (Å²) < 4.78 is 21.6. The Bertz CT molecular complexity index is 973. The zero-order chi connectivity index (χ0) is 19.5. The van der Waals surface area contributed by atoms with Crippen molar-refractivity contribution in [2.45, 2.75) is 36.2 Å². The van der Waals surface area contributed by atoms with Crippen molar-refractivity contribution in [3.63, 3.8) is 0 Å². The summed E-state index contributed by atoms with van der Waals surface area (Å²) in [5.41, 5.74) is 1.25. The van der Waals surface area contributed by atoms with Crippen LogP contribution in [0.3, 0.4) is 0 Å². The summed E-state index contributed by atoms with van der Waals surface area (Å²) in [7, 11) is 0. The lowest BCUT2D eigenvalue weighted by Crippen LogP contribution is -2.14. The van der Waals surface area contributed by atoms with E-state index >= 15 is 0 Å². The highest BCUT2D eigenvalue weighted by Gasteiger charge is 2.33. The smallest absolute Gasteiger partial charge is 0.324 e. The molecule has 1 aliphatic rings. The number of halogens is 1. The number of hydrogen-bond donors (Lipinski definition) is 0. The fourth-order valence-corrected chi connectivity index (χ4v) is 4.15. The van der Waals surface area contributed by atoms with Crippen LogP contribution in [0.4, 0.5) is 4.39 Å². The lowest BCUT2D eigenvalue weighted by Gasteiger charge is -2.16. The summed E-state index contributed by atoms with van der Waals surface area (Å²) in [5.74, 6) is -0.159. The van der Waals surface area contributed by atoms with Gasteiger partial charge in [0.15, 0.2) is 11.0 Å². The van der Waals surface area contributed by atoms with Gasteiger partial charge in [-0.1, -0.05) is 54.2 Å². The number of ether oxygens (including phenoxy) is 1. The maximum Gasteiger partial charge on any atom is 0.324 e. The monoisotopic (exact) mass is 397 g/mol. The molecule has 0 radical (unpaired) electrons. The lowest BCUT2D eigenvalue weighted by molar-refractivity contribution is -0.142. The number of nitrogens with zero attached hydrogens (tertiary/aromatic N) is 3. The van der Waals surface area contributed by atoms with E-state index in [1.807, 2.05) is 34.9 Å². The van der Waals surface area contributed by atoms with Gasteiger partial charge < -0.3 is 4.74 Å². The molecule has 0 N–H and O–H groups in total. The van der Waals surface area contributed by atoms with Crippen molar-refractivity contribution in [2.75, 3.05) is 6.61 Å². The first kappa shape index (κ1) is 18.7. The molecule has 0 bridgehead atoms. The van der Waals surface area contributed by atoms with Gasteiger partial charge in [0.2, 0.25) is 0 Å². The molecule has 3 aromatic rings. The quantitative estimate of drug-likeness (QED) is 0.423. The Balaban J connectivity index is 1.72. The molecule has 0 saturated heterocycles. The zero-order valence-corrected chi connectivity index (χ0v) is 16.2. The van der Waals surface area contributed by atoms with Crippen molar-refractivity contribution in [2.24, 2.45) is 0 Å². The van der Waals surface area contributed by atoms with Crippen LogP contribution in [0.2, 0.25) is 0 Å². The second kappa shape index (κ2) is 8.14. The van der Waals surface area contributed by atoms with Crippen LogP contribution in [0.25, 0.3) is 11.4 Å². The predicted octanol–water partition coefficient (Wildman–Crippen LogP) is 4.82. The lowest BCUT2D eigenvalue weighted by atomic mass is 10.1. The van der Waals surface area contributed by atoms with E-state index in [0.717, 1.165) is 18.4 Å². The van der Waals surface area contributed by atoms with Crippen LogP contribution in [-0.4, -0.2) is 27.3 Å². The number of carbonyl (C=O) groups excluding carboxylic acids is 1. The molecule has 1 saturated carbocycles. The van der Waals surface area contributed by atoms with Crippen LogP contribution < -0.4 is 0 Å². The van der Waals surface area contributed by atoms with Crippen LogP contribution in [0.1, 0.15) is 36.6 Å². The van der Waals surface area contributed by atoms with Crippen LogP contribution >= 0.6 is 11.8 Å². The molecule has 2 aromatic carbocycles. The van der Waals surface area contributed by atoms with Gasteiger partial charge in [-0.05, 0) is 37.5 Å². The minimum absolute atomic E-state index is 0.228. The number of aromatic nitrogens is 3. The SMILES string of the molecule is CCOC(=O)[C@H](Sc1nnc(-c2ccccc2F)n1C1CC1)c1ccccc1. The molecule has 1 atom stereocenters. The minimum atomic E-state index is -0.559. The average molecular weight is 397 g/mol. The van der Waals surface area contributed by atoms with Crippen molar-refractivity contribution in [1.29, 1.82) is 0 Å². The molecule has 0 unspecified atom stereocenters. The number of rotatable bonds is 7. The summed E-state index contributed by atoms with van der Waals surface area (Å²) in [6.45, 7) is 2.09. The van der Waals surface area contributed by atoms with Crippen LogP contribution in [0, 0.1) is 5.82 Å². The highest BCUT2D eigenvalue weighted by Crippen LogP contribution is 2.44. The van der Waals surface area contributed by atoms with Crippen LogP contribution in [-0.2, 0) is 9.53 Å². The van der Waals surface area contributed by atoms with Gasteiger partial charge in [-0.15, -0.1) is 10.2 Å². The normalized spacial score (nSPS) is 14.6.